The molecule has 154 valence electrons. The summed E-state index contributed by atoms with van der Waals surface area (Å²) < 4.78 is 29.4. The number of ether oxygens (including phenoxy) is 1. The van der Waals surface area contributed by atoms with E-state index in [9.17, 15) is 18.4 Å². The molecule has 10 heteroatoms. The lowest BCUT2D eigenvalue weighted by molar-refractivity contribution is -0.118. The lowest BCUT2D eigenvalue weighted by Crippen LogP contribution is -2.29. The van der Waals surface area contributed by atoms with Crippen LogP contribution in [0.15, 0.2) is 24.3 Å². The summed E-state index contributed by atoms with van der Waals surface area (Å²) in [7, 11) is 0. The summed E-state index contributed by atoms with van der Waals surface area (Å²) in [5.41, 5.74) is 1.44. The van der Waals surface area contributed by atoms with Crippen LogP contribution in [0.1, 0.15) is 35.5 Å². The number of rotatable bonds is 6. The van der Waals surface area contributed by atoms with E-state index in [0.29, 0.717) is 11.3 Å². The number of pyridine rings is 2. The lowest BCUT2D eigenvalue weighted by atomic mass is 10.2. The fraction of sp³-hybridized carbons (Fsp3) is 0.368. The number of nitrogens with one attached hydrogen (secondary N) is 1. The Balaban J connectivity index is 1.74. The van der Waals surface area contributed by atoms with Crippen molar-refractivity contribution in [1.82, 2.24) is 15.0 Å². The van der Waals surface area contributed by atoms with Crippen molar-refractivity contribution >= 4 is 17.6 Å². The second-order valence-corrected chi connectivity index (χ2v) is 6.78. The number of anilines is 1. The fourth-order valence-corrected chi connectivity index (χ4v) is 2.56. The molecular formula is C19H20F2N4O4. The van der Waals surface area contributed by atoms with Crippen molar-refractivity contribution in [1.29, 1.82) is 0 Å². The maximum Gasteiger partial charge on any atom is 0.287 e. The molecule has 2 amide bonds. The highest BCUT2D eigenvalue weighted by Gasteiger charge is 2.29. The van der Waals surface area contributed by atoms with Crippen LogP contribution < -0.4 is 14.9 Å². The highest BCUT2D eigenvalue weighted by Crippen LogP contribution is 2.29. The van der Waals surface area contributed by atoms with Crippen LogP contribution in [-0.2, 0) is 11.3 Å². The molecule has 0 fully saturated rings. The molecule has 1 aliphatic rings. The topological polar surface area (TPSA) is 93.7 Å². The number of amides is 2. The molecule has 1 N–H and O–H groups in total. The average molecular weight is 406 g/mol. The summed E-state index contributed by atoms with van der Waals surface area (Å²) in [6, 6.07) is 6.08. The van der Waals surface area contributed by atoms with Crippen molar-refractivity contribution in [2.24, 2.45) is 5.92 Å². The van der Waals surface area contributed by atoms with Gasteiger partial charge in [0.15, 0.2) is 6.61 Å². The van der Waals surface area contributed by atoms with Crippen LogP contribution in [0.25, 0.3) is 0 Å². The Bertz CT molecular complexity index is 936. The Morgan fingerprint density at radius 2 is 2.03 bits per heavy atom. The van der Waals surface area contributed by atoms with Crippen LogP contribution in [0.5, 0.6) is 11.8 Å². The summed E-state index contributed by atoms with van der Waals surface area (Å²) in [4.78, 5) is 38.4. The molecule has 2 aromatic rings. The summed E-state index contributed by atoms with van der Waals surface area (Å²) in [5.74, 6) is -0.540. The standard InChI is InChI=1S/C19H20F2N4O4/c1-10(2)17(26)23-15-7-13(6-11(3)22-15)19(27)25-8-12-4-5-16(24-18(12)29-25)28-9-14(20)21/h4-7,10,14H,8-9H2,1-3H3,(H,22,23,26). The van der Waals surface area contributed by atoms with E-state index < -0.39 is 18.9 Å². The van der Waals surface area contributed by atoms with E-state index >= 15 is 0 Å². The molecule has 3 heterocycles. The second kappa shape index (κ2) is 8.38. The van der Waals surface area contributed by atoms with Gasteiger partial charge in [0, 0.05) is 28.8 Å². The molecule has 0 aliphatic carbocycles. The van der Waals surface area contributed by atoms with E-state index in [-0.39, 0.29) is 41.5 Å². The second-order valence-electron chi connectivity index (χ2n) is 6.78. The van der Waals surface area contributed by atoms with Gasteiger partial charge in [0.2, 0.25) is 11.8 Å². The van der Waals surface area contributed by atoms with Crippen molar-refractivity contribution in [3.63, 3.8) is 0 Å². The van der Waals surface area contributed by atoms with E-state index in [1.54, 1.807) is 32.9 Å². The highest BCUT2D eigenvalue weighted by atomic mass is 19.3. The molecule has 0 bridgehead atoms. The zero-order valence-corrected chi connectivity index (χ0v) is 16.1. The number of carbonyl (C=O) groups is 2. The molecule has 2 aromatic heterocycles. The molecule has 0 atom stereocenters. The van der Waals surface area contributed by atoms with E-state index in [1.165, 1.54) is 12.1 Å². The van der Waals surface area contributed by atoms with Gasteiger partial charge in [-0.2, -0.15) is 10.0 Å². The first-order chi connectivity index (χ1) is 13.7. The molecule has 0 saturated carbocycles. The van der Waals surface area contributed by atoms with Crippen molar-refractivity contribution < 1.29 is 27.9 Å². The van der Waals surface area contributed by atoms with E-state index in [2.05, 4.69) is 15.3 Å². The third-order valence-electron chi connectivity index (χ3n) is 3.98. The molecule has 1 aliphatic heterocycles. The number of nitrogens with zero attached hydrogens (tertiary/aromatic N) is 3. The van der Waals surface area contributed by atoms with Crippen LogP contribution in [0.3, 0.4) is 0 Å². The summed E-state index contributed by atoms with van der Waals surface area (Å²) >= 11 is 0. The van der Waals surface area contributed by atoms with Crippen molar-refractivity contribution in [2.75, 3.05) is 11.9 Å². The Hall–Kier alpha value is -3.30. The third-order valence-corrected chi connectivity index (χ3v) is 3.98. The highest BCUT2D eigenvalue weighted by molar-refractivity contribution is 5.96. The minimum absolute atomic E-state index is 0.0169. The maximum absolute atomic E-state index is 12.8. The van der Waals surface area contributed by atoms with Crippen LogP contribution in [0.2, 0.25) is 0 Å². The van der Waals surface area contributed by atoms with E-state index in [4.69, 9.17) is 9.57 Å². The number of carbonyl (C=O) groups excluding carboxylic acids is 2. The first kappa shape index (κ1) is 20.4. The number of hydrogen-bond donors (Lipinski definition) is 1. The molecule has 0 unspecified atom stereocenters. The third kappa shape index (κ3) is 4.95. The van der Waals surface area contributed by atoms with Gasteiger partial charge in [-0.3, -0.25) is 9.59 Å². The van der Waals surface area contributed by atoms with Crippen LogP contribution in [0.4, 0.5) is 14.6 Å². The van der Waals surface area contributed by atoms with Gasteiger partial charge >= 0.3 is 0 Å². The van der Waals surface area contributed by atoms with Crippen molar-refractivity contribution in [3.05, 3.63) is 41.1 Å². The zero-order chi connectivity index (χ0) is 21.1. The Morgan fingerprint density at radius 1 is 1.28 bits per heavy atom. The Morgan fingerprint density at radius 3 is 2.72 bits per heavy atom. The predicted octanol–water partition coefficient (Wildman–Crippen LogP) is 2.97. The zero-order valence-electron chi connectivity index (χ0n) is 16.1. The quantitative estimate of drug-likeness (QED) is 0.793. The number of hydrogen-bond acceptors (Lipinski definition) is 6. The van der Waals surface area contributed by atoms with E-state index in [1.807, 2.05) is 0 Å². The Kier molecular flexibility index (Phi) is 5.90. The number of alkyl halides is 2. The van der Waals surface area contributed by atoms with Gasteiger partial charge < -0.3 is 14.9 Å². The van der Waals surface area contributed by atoms with Gasteiger partial charge in [-0.15, -0.1) is 0 Å². The van der Waals surface area contributed by atoms with Crippen LogP contribution in [-0.4, -0.2) is 39.9 Å². The molecule has 0 saturated heterocycles. The summed E-state index contributed by atoms with van der Waals surface area (Å²) in [5, 5.41) is 3.76. The largest absolute Gasteiger partial charge is 0.472 e. The number of hydroxylamine groups is 2. The average Bonchev–Trinajstić information content (AvgIpc) is 3.08. The number of aryl methyl sites for hydroxylation is 1. The van der Waals surface area contributed by atoms with Crippen molar-refractivity contribution in [2.45, 2.75) is 33.7 Å². The minimum atomic E-state index is -2.62. The van der Waals surface area contributed by atoms with Crippen LogP contribution in [0, 0.1) is 12.8 Å². The maximum atomic E-state index is 12.8. The normalized spacial score (nSPS) is 12.7. The summed E-state index contributed by atoms with van der Waals surface area (Å²) in [6.45, 7) is 4.55. The molecule has 8 nitrogen and oxygen atoms in total. The molecule has 0 spiro atoms. The SMILES string of the molecule is Cc1cc(C(=O)N2Cc3ccc(OCC(F)F)nc3O2)cc(NC(=O)C(C)C)n1. The number of halogens is 2. The molecule has 29 heavy (non-hydrogen) atoms. The molecule has 0 radical (unpaired) electrons. The predicted molar refractivity (Wildman–Crippen MR) is 98.7 cm³/mol. The van der Waals surface area contributed by atoms with Gasteiger partial charge in [-0.1, -0.05) is 13.8 Å². The lowest BCUT2D eigenvalue weighted by Gasteiger charge is -2.15. The van der Waals surface area contributed by atoms with Crippen LogP contribution >= 0.6 is 0 Å². The first-order valence-corrected chi connectivity index (χ1v) is 8.93. The van der Waals surface area contributed by atoms with Gasteiger partial charge in [-0.25, -0.2) is 13.8 Å². The molecule has 3 rings (SSSR count). The van der Waals surface area contributed by atoms with Gasteiger partial charge in [0.1, 0.15) is 5.82 Å². The smallest absolute Gasteiger partial charge is 0.287 e. The van der Waals surface area contributed by atoms with Gasteiger partial charge in [0.25, 0.3) is 18.2 Å². The monoisotopic (exact) mass is 406 g/mol. The van der Waals surface area contributed by atoms with Gasteiger partial charge in [-0.05, 0) is 25.1 Å². The van der Waals surface area contributed by atoms with Crippen molar-refractivity contribution in [3.8, 4) is 11.8 Å². The first-order valence-electron chi connectivity index (χ1n) is 8.93. The number of aromatic nitrogens is 2. The molecule has 0 aromatic carbocycles. The summed E-state index contributed by atoms with van der Waals surface area (Å²) in [6.07, 6.45) is -2.62. The van der Waals surface area contributed by atoms with Gasteiger partial charge in [0.05, 0.1) is 6.54 Å². The molecular weight excluding hydrogens is 386 g/mol. The number of fused-ring (bicyclic) bond motifs is 1. The van der Waals surface area contributed by atoms with E-state index in [0.717, 1.165) is 5.06 Å². The Labute approximate surface area is 165 Å². The minimum Gasteiger partial charge on any atom is -0.472 e. The fourth-order valence-electron chi connectivity index (χ4n) is 2.56.